The summed E-state index contributed by atoms with van der Waals surface area (Å²) in [5.74, 6) is 4.95. The van der Waals surface area contributed by atoms with Gasteiger partial charge in [-0.3, -0.25) is 0 Å². The molecule has 0 spiro atoms. The molecule has 49 valence electrons. The number of aromatic amines is 1. The minimum atomic E-state index is -0.403. The van der Waals surface area contributed by atoms with E-state index in [-0.39, 0.29) is 17.1 Å². The fourth-order valence-corrected chi connectivity index (χ4v) is 0.256. The van der Waals surface area contributed by atoms with Gasteiger partial charge in [0.25, 0.3) is 0 Å². The average molecular weight is 164 g/mol. The molecule has 0 saturated heterocycles. The second-order valence-corrected chi connectivity index (χ2v) is 1.07. The predicted molar refractivity (Wildman–Crippen MR) is 23.0 cm³/mol. The van der Waals surface area contributed by atoms with Crippen molar-refractivity contribution in [3.63, 3.8) is 0 Å². The largest absolute Gasteiger partial charge is 0.361 e. The van der Waals surface area contributed by atoms with Gasteiger partial charge in [-0.2, -0.15) is 9.77 Å². The van der Waals surface area contributed by atoms with Gasteiger partial charge in [-0.25, -0.2) is 9.89 Å². The molecule has 8 heavy (non-hydrogen) atoms. The maximum Gasteiger partial charge on any atom is 0.361 e. The van der Waals surface area contributed by atoms with Gasteiger partial charge in [0.15, 0.2) is 0 Å². The number of rotatable bonds is 0. The summed E-state index contributed by atoms with van der Waals surface area (Å²) < 4.78 is 0.861. The summed E-state index contributed by atoms with van der Waals surface area (Å²) >= 11 is 0. The Hall–Kier alpha value is -0.741. The first-order valence-corrected chi connectivity index (χ1v) is 1.68. The first-order chi connectivity index (χ1) is 3.30. The number of hydrogen-bond donors (Lipinski definition) is 2. The molecule has 1 radical (unpaired) electrons. The van der Waals surface area contributed by atoms with E-state index in [2.05, 4.69) is 10.2 Å². The molecular formula is C2H4CuN4O. The topological polar surface area (TPSA) is 76.7 Å². The van der Waals surface area contributed by atoms with Crippen LogP contribution in [0.4, 0.5) is 0 Å². The van der Waals surface area contributed by atoms with Crippen molar-refractivity contribution in [1.82, 2.24) is 14.9 Å². The smallest absolute Gasteiger partial charge is 0.334 e. The van der Waals surface area contributed by atoms with Gasteiger partial charge in [0, 0.05) is 17.1 Å². The monoisotopic (exact) mass is 163 g/mol. The standard InChI is InChI=1S/C2H4N4O.Cu/c3-6-1-4-5-2(6)7;/h1H,3H2,(H,5,7);. The number of nitrogen functional groups attached to an aromatic ring is 1. The molecule has 0 bridgehead atoms. The summed E-state index contributed by atoms with van der Waals surface area (Å²) in [6.07, 6.45) is 1.20. The van der Waals surface area contributed by atoms with E-state index in [4.69, 9.17) is 5.84 Å². The molecule has 1 heterocycles. The second-order valence-electron chi connectivity index (χ2n) is 1.07. The van der Waals surface area contributed by atoms with Gasteiger partial charge >= 0.3 is 5.69 Å². The zero-order valence-electron chi connectivity index (χ0n) is 3.76. The van der Waals surface area contributed by atoms with Gasteiger partial charge in [0.2, 0.25) is 0 Å². The SMILES string of the molecule is Nn1cn[nH]c1=O.[Cu]. The Morgan fingerprint density at radius 3 is 2.62 bits per heavy atom. The van der Waals surface area contributed by atoms with Crippen molar-refractivity contribution < 1.29 is 17.1 Å². The molecule has 0 aromatic carbocycles. The van der Waals surface area contributed by atoms with E-state index < -0.39 is 5.69 Å². The molecule has 0 fully saturated rings. The molecular weight excluding hydrogens is 160 g/mol. The van der Waals surface area contributed by atoms with E-state index in [0.717, 1.165) is 4.68 Å². The van der Waals surface area contributed by atoms with Crippen molar-refractivity contribution in [1.29, 1.82) is 0 Å². The van der Waals surface area contributed by atoms with Crippen LogP contribution in [0.5, 0.6) is 0 Å². The minimum Gasteiger partial charge on any atom is -0.334 e. The van der Waals surface area contributed by atoms with E-state index in [0.29, 0.717) is 0 Å². The van der Waals surface area contributed by atoms with Crippen LogP contribution in [0.15, 0.2) is 11.1 Å². The van der Waals surface area contributed by atoms with Crippen LogP contribution in [0.2, 0.25) is 0 Å². The Labute approximate surface area is 55.3 Å². The van der Waals surface area contributed by atoms with Gasteiger partial charge in [-0.15, -0.1) is 0 Å². The Balaban J connectivity index is 0.000000490. The van der Waals surface area contributed by atoms with Gasteiger partial charge in [-0.1, -0.05) is 0 Å². The summed E-state index contributed by atoms with van der Waals surface area (Å²) in [4.78, 5) is 10.1. The normalized spacial score (nSPS) is 8.00. The Bertz CT molecular complexity index is 202. The van der Waals surface area contributed by atoms with Gasteiger partial charge in [0.05, 0.1) is 0 Å². The number of aromatic nitrogens is 3. The van der Waals surface area contributed by atoms with Gasteiger partial charge in [-0.05, 0) is 0 Å². The van der Waals surface area contributed by atoms with E-state index in [1.165, 1.54) is 6.33 Å². The first kappa shape index (κ1) is 7.26. The minimum absolute atomic E-state index is 0. The fraction of sp³-hybridized carbons (Fsp3) is 0. The molecule has 1 rings (SSSR count). The maximum atomic E-state index is 10.1. The molecule has 0 aliphatic heterocycles. The predicted octanol–water partition coefficient (Wildman–Crippen LogP) is -1.72. The van der Waals surface area contributed by atoms with Crippen LogP contribution in [0.1, 0.15) is 0 Å². The van der Waals surface area contributed by atoms with Crippen molar-refractivity contribution in [3.8, 4) is 0 Å². The summed E-state index contributed by atoms with van der Waals surface area (Å²) in [6.45, 7) is 0. The molecule has 6 heteroatoms. The molecule has 0 saturated carbocycles. The van der Waals surface area contributed by atoms with Crippen LogP contribution in [0.25, 0.3) is 0 Å². The molecule has 0 aliphatic rings. The zero-order valence-corrected chi connectivity index (χ0v) is 4.70. The summed E-state index contributed by atoms with van der Waals surface area (Å²) in [5.41, 5.74) is -0.403. The van der Waals surface area contributed by atoms with Crippen LogP contribution in [-0.2, 0) is 17.1 Å². The van der Waals surface area contributed by atoms with Crippen LogP contribution in [-0.4, -0.2) is 14.9 Å². The zero-order chi connectivity index (χ0) is 5.28. The average Bonchev–Trinajstić information content (AvgIpc) is 1.91. The van der Waals surface area contributed by atoms with Crippen molar-refractivity contribution >= 4 is 0 Å². The number of H-pyrrole nitrogens is 1. The van der Waals surface area contributed by atoms with Gasteiger partial charge in [0.1, 0.15) is 6.33 Å². The maximum absolute atomic E-state index is 10.1. The molecule has 5 nitrogen and oxygen atoms in total. The number of nitrogens with one attached hydrogen (secondary N) is 1. The fourth-order valence-electron chi connectivity index (χ4n) is 0.256. The molecule has 3 N–H and O–H groups in total. The molecule has 0 aliphatic carbocycles. The third-order valence-electron chi connectivity index (χ3n) is 0.577. The number of nitrogens with two attached hydrogens (primary N) is 1. The molecule has 0 atom stereocenters. The van der Waals surface area contributed by atoms with Crippen molar-refractivity contribution in [2.75, 3.05) is 5.84 Å². The van der Waals surface area contributed by atoms with Gasteiger partial charge < -0.3 is 5.84 Å². The Morgan fingerprint density at radius 2 is 2.50 bits per heavy atom. The molecule has 1 aromatic heterocycles. The number of hydrogen-bond acceptors (Lipinski definition) is 3. The molecule has 1 aromatic rings. The number of nitrogens with zero attached hydrogens (tertiary/aromatic N) is 2. The van der Waals surface area contributed by atoms with Crippen molar-refractivity contribution in [2.45, 2.75) is 0 Å². The van der Waals surface area contributed by atoms with E-state index in [1.54, 1.807) is 0 Å². The van der Waals surface area contributed by atoms with E-state index in [1.807, 2.05) is 0 Å². The third-order valence-corrected chi connectivity index (χ3v) is 0.577. The van der Waals surface area contributed by atoms with Crippen molar-refractivity contribution in [2.24, 2.45) is 0 Å². The summed E-state index contributed by atoms with van der Waals surface area (Å²) in [5, 5.41) is 5.42. The summed E-state index contributed by atoms with van der Waals surface area (Å²) in [6, 6.07) is 0. The van der Waals surface area contributed by atoms with E-state index in [9.17, 15) is 4.79 Å². The summed E-state index contributed by atoms with van der Waals surface area (Å²) in [7, 11) is 0. The van der Waals surface area contributed by atoms with Crippen molar-refractivity contribution in [3.05, 3.63) is 16.8 Å². The van der Waals surface area contributed by atoms with Crippen LogP contribution >= 0.6 is 0 Å². The van der Waals surface area contributed by atoms with Crippen LogP contribution in [0, 0.1) is 0 Å². The van der Waals surface area contributed by atoms with Crippen LogP contribution in [0.3, 0.4) is 0 Å². The quantitative estimate of drug-likeness (QED) is 0.353. The van der Waals surface area contributed by atoms with Crippen LogP contribution < -0.4 is 11.5 Å². The Kier molecular flexibility index (Phi) is 2.30. The molecule has 0 amide bonds. The first-order valence-electron chi connectivity index (χ1n) is 1.68. The second kappa shape index (κ2) is 2.54. The Morgan fingerprint density at radius 1 is 1.88 bits per heavy atom. The van der Waals surface area contributed by atoms with E-state index >= 15 is 0 Å². The molecule has 0 unspecified atom stereocenters. The third kappa shape index (κ3) is 1.11.